The van der Waals surface area contributed by atoms with Crippen molar-refractivity contribution in [3.63, 3.8) is 0 Å². The zero-order chi connectivity index (χ0) is 6.81. The summed E-state index contributed by atoms with van der Waals surface area (Å²) in [6.07, 6.45) is 7.49. The highest BCUT2D eigenvalue weighted by Crippen LogP contribution is 2.27. The van der Waals surface area contributed by atoms with Gasteiger partial charge in [0, 0.05) is 5.92 Å². The zero-order valence-corrected chi connectivity index (χ0v) is 5.95. The van der Waals surface area contributed by atoms with E-state index in [2.05, 4.69) is 6.08 Å². The molecule has 0 radical (unpaired) electrons. The quantitative estimate of drug-likeness (QED) is 0.509. The van der Waals surface area contributed by atoms with E-state index in [0.717, 1.165) is 13.0 Å². The largest absolute Gasteiger partial charge is 0.473 e. The van der Waals surface area contributed by atoms with Crippen LogP contribution in [0, 0.1) is 5.92 Å². The van der Waals surface area contributed by atoms with Crippen LogP contribution in [0.2, 0.25) is 0 Å². The molecule has 0 aromatic heterocycles. The monoisotopic (exact) mass is 140 g/mol. The first kappa shape index (κ1) is 6.23. The number of hydrogen-bond acceptors (Lipinski definition) is 2. The molecular weight excluding hydrogens is 128 g/mol. The molecule has 0 saturated carbocycles. The van der Waals surface area contributed by atoms with Crippen molar-refractivity contribution in [2.45, 2.75) is 25.6 Å². The first-order valence-corrected chi connectivity index (χ1v) is 3.89. The Morgan fingerprint density at radius 1 is 1.40 bits per heavy atom. The lowest BCUT2D eigenvalue weighted by atomic mass is 9.96. The molecule has 2 aliphatic rings. The summed E-state index contributed by atoms with van der Waals surface area (Å²) in [6, 6.07) is 0. The third-order valence-electron chi connectivity index (χ3n) is 2.13. The molecule has 0 N–H and O–H groups in total. The van der Waals surface area contributed by atoms with E-state index in [1.54, 1.807) is 6.26 Å². The molecule has 2 aliphatic heterocycles. The second-order valence-electron chi connectivity index (χ2n) is 2.89. The molecule has 10 heavy (non-hydrogen) atoms. The zero-order valence-electron chi connectivity index (χ0n) is 5.95. The van der Waals surface area contributed by atoms with Crippen molar-refractivity contribution in [1.82, 2.24) is 0 Å². The maximum absolute atomic E-state index is 5.41. The fourth-order valence-electron chi connectivity index (χ4n) is 1.56. The predicted octanol–water partition coefficient (Wildman–Crippen LogP) is 1.67. The van der Waals surface area contributed by atoms with Crippen LogP contribution in [0.25, 0.3) is 0 Å². The van der Waals surface area contributed by atoms with Gasteiger partial charge in [-0.15, -0.1) is 0 Å². The van der Waals surface area contributed by atoms with Crippen LogP contribution in [0.15, 0.2) is 12.3 Å². The molecule has 2 unspecified atom stereocenters. The lowest BCUT2D eigenvalue weighted by molar-refractivity contribution is -0.168. The third-order valence-corrected chi connectivity index (χ3v) is 2.13. The van der Waals surface area contributed by atoms with Gasteiger partial charge in [-0.1, -0.05) is 0 Å². The molecule has 2 heteroatoms. The second-order valence-corrected chi connectivity index (χ2v) is 2.89. The van der Waals surface area contributed by atoms with Crippen molar-refractivity contribution < 1.29 is 9.47 Å². The molecule has 1 fully saturated rings. The summed E-state index contributed by atoms with van der Waals surface area (Å²) in [5, 5.41) is 0. The lowest BCUT2D eigenvalue weighted by Gasteiger charge is -2.32. The van der Waals surface area contributed by atoms with E-state index in [4.69, 9.17) is 9.47 Å². The van der Waals surface area contributed by atoms with Gasteiger partial charge in [0.1, 0.15) is 0 Å². The average molecular weight is 140 g/mol. The van der Waals surface area contributed by atoms with Gasteiger partial charge < -0.3 is 9.47 Å². The minimum absolute atomic E-state index is 0.0683. The van der Waals surface area contributed by atoms with Crippen LogP contribution in [0.1, 0.15) is 19.3 Å². The maximum Gasteiger partial charge on any atom is 0.202 e. The molecule has 2 nitrogen and oxygen atoms in total. The molecule has 1 saturated heterocycles. The van der Waals surface area contributed by atoms with E-state index in [0.29, 0.717) is 5.92 Å². The Morgan fingerprint density at radius 3 is 3.30 bits per heavy atom. The Hall–Kier alpha value is -0.500. The van der Waals surface area contributed by atoms with E-state index < -0.39 is 0 Å². The van der Waals surface area contributed by atoms with Gasteiger partial charge in [-0.2, -0.15) is 0 Å². The molecule has 0 aromatic rings. The van der Waals surface area contributed by atoms with Gasteiger partial charge in [-0.05, 0) is 25.3 Å². The first-order chi connectivity index (χ1) is 4.97. The van der Waals surface area contributed by atoms with Gasteiger partial charge in [0.15, 0.2) is 0 Å². The molecule has 2 rings (SSSR count). The summed E-state index contributed by atoms with van der Waals surface area (Å²) in [6.45, 7) is 0.870. The van der Waals surface area contributed by atoms with E-state index in [1.165, 1.54) is 12.8 Å². The SMILES string of the molecule is C1=COC2OCCCC2C1. The Labute approximate surface area is 60.8 Å². The molecule has 2 atom stereocenters. The van der Waals surface area contributed by atoms with Crippen LogP contribution in [0.4, 0.5) is 0 Å². The van der Waals surface area contributed by atoms with Crippen LogP contribution in [-0.4, -0.2) is 12.9 Å². The fraction of sp³-hybridized carbons (Fsp3) is 0.750. The van der Waals surface area contributed by atoms with E-state index in [9.17, 15) is 0 Å². The van der Waals surface area contributed by atoms with Crippen LogP contribution in [-0.2, 0) is 9.47 Å². The van der Waals surface area contributed by atoms with Gasteiger partial charge in [-0.3, -0.25) is 0 Å². The van der Waals surface area contributed by atoms with Crippen molar-refractivity contribution in [3.05, 3.63) is 12.3 Å². The summed E-state index contributed by atoms with van der Waals surface area (Å²) in [7, 11) is 0. The molecule has 56 valence electrons. The molecule has 0 amide bonds. The minimum atomic E-state index is 0.0683. The Morgan fingerprint density at radius 2 is 2.40 bits per heavy atom. The van der Waals surface area contributed by atoms with Crippen LogP contribution < -0.4 is 0 Å². The topological polar surface area (TPSA) is 18.5 Å². The second kappa shape index (κ2) is 2.62. The first-order valence-electron chi connectivity index (χ1n) is 3.89. The van der Waals surface area contributed by atoms with Crippen molar-refractivity contribution in [2.24, 2.45) is 5.92 Å². The van der Waals surface area contributed by atoms with Gasteiger partial charge in [0.2, 0.25) is 6.29 Å². The van der Waals surface area contributed by atoms with Crippen LogP contribution in [0.5, 0.6) is 0 Å². The summed E-state index contributed by atoms with van der Waals surface area (Å²) < 4.78 is 10.7. The van der Waals surface area contributed by atoms with Gasteiger partial charge in [0.25, 0.3) is 0 Å². The van der Waals surface area contributed by atoms with Crippen molar-refractivity contribution >= 4 is 0 Å². The van der Waals surface area contributed by atoms with Crippen molar-refractivity contribution in [3.8, 4) is 0 Å². The van der Waals surface area contributed by atoms with Gasteiger partial charge in [0.05, 0.1) is 12.9 Å². The summed E-state index contributed by atoms with van der Waals surface area (Å²) in [5.41, 5.74) is 0. The Balaban J connectivity index is 2.01. The lowest BCUT2D eigenvalue weighted by Crippen LogP contribution is -2.32. The molecular formula is C8H12O2. The summed E-state index contributed by atoms with van der Waals surface area (Å²) in [4.78, 5) is 0. The molecule has 0 aromatic carbocycles. The number of hydrogen-bond donors (Lipinski definition) is 0. The maximum atomic E-state index is 5.41. The highest BCUT2D eigenvalue weighted by atomic mass is 16.7. The number of ether oxygens (including phenoxy) is 2. The normalized spacial score (nSPS) is 38.4. The predicted molar refractivity (Wildman–Crippen MR) is 37.3 cm³/mol. The van der Waals surface area contributed by atoms with Crippen LogP contribution >= 0.6 is 0 Å². The smallest absolute Gasteiger partial charge is 0.202 e. The molecule has 0 bridgehead atoms. The number of fused-ring (bicyclic) bond motifs is 1. The minimum Gasteiger partial charge on any atom is -0.473 e. The Bertz CT molecular complexity index is 126. The fourth-order valence-corrected chi connectivity index (χ4v) is 1.56. The number of rotatable bonds is 0. The van der Waals surface area contributed by atoms with Crippen molar-refractivity contribution in [1.29, 1.82) is 0 Å². The van der Waals surface area contributed by atoms with E-state index in [1.807, 2.05) is 0 Å². The summed E-state index contributed by atoms with van der Waals surface area (Å²) >= 11 is 0. The number of allylic oxidation sites excluding steroid dienone is 1. The highest BCUT2D eigenvalue weighted by molar-refractivity contribution is 4.86. The van der Waals surface area contributed by atoms with Gasteiger partial charge >= 0.3 is 0 Å². The van der Waals surface area contributed by atoms with Crippen LogP contribution in [0.3, 0.4) is 0 Å². The summed E-state index contributed by atoms with van der Waals surface area (Å²) in [5.74, 6) is 0.624. The highest BCUT2D eigenvalue weighted by Gasteiger charge is 2.27. The standard InChI is InChI=1S/C8H12O2/c1-3-7-4-2-6-10-8(7)9-5-1/h1,5,7-8H,2-4,6H2. The van der Waals surface area contributed by atoms with Crippen molar-refractivity contribution in [2.75, 3.05) is 6.61 Å². The molecule has 2 heterocycles. The van der Waals surface area contributed by atoms with E-state index in [-0.39, 0.29) is 6.29 Å². The molecule has 0 spiro atoms. The van der Waals surface area contributed by atoms with Gasteiger partial charge in [-0.25, -0.2) is 0 Å². The average Bonchev–Trinajstić information content (AvgIpc) is 2.05. The van der Waals surface area contributed by atoms with E-state index >= 15 is 0 Å². The Kier molecular flexibility index (Phi) is 1.63. The third kappa shape index (κ3) is 1.03. The molecule has 0 aliphatic carbocycles.